The Hall–Kier alpha value is -2.74. The monoisotopic (exact) mass is 420 g/mol. The van der Waals surface area contributed by atoms with E-state index in [-0.39, 0.29) is 18.3 Å². The third-order valence-electron chi connectivity index (χ3n) is 5.37. The molecule has 160 valence electrons. The summed E-state index contributed by atoms with van der Waals surface area (Å²) in [5.41, 5.74) is -0.0548. The van der Waals surface area contributed by atoms with Crippen molar-refractivity contribution in [1.82, 2.24) is 4.90 Å². The number of para-hydroxylation sites is 1. The first-order chi connectivity index (χ1) is 14.4. The van der Waals surface area contributed by atoms with E-state index in [1.54, 1.807) is 0 Å². The highest BCUT2D eigenvalue weighted by molar-refractivity contribution is 5.93. The summed E-state index contributed by atoms with van der Waals surface area (Å²) in [6, 6.07) is 10.8. The van der Waals surface area contributed by atoms with Gasteiger partial charge < -0.3 is 14.8 Å². The number of rotatable bonds is 4. The number of anilines is 1. The fourth-order valence-corrected chi connectivity index (χ4v) is 3.99. The third-order valence-corrected chi connectivity index (χ3v) is 5.37. The molecule has 5 nitrogen and oxygen atoms in total. The summed E-state index contributed by atoms with van der Waals surface area (Å²) < 4.78 is 50.9. The standard InChI is InChI=1S/C22H23F3N2O3/c23-22(24,25)16-5-1-2-6-17(16)26-21(28)14-27-10-3-7-18(27)15-8-9-19-20(13-15)30-12-4-11-29-19/h1-2,5-6,8-9,13,18H,3-4,7,10-12,14H2,(H,26,28)/t18-/m1/s1. The van der Waals surface area contributed by atoms with Crippen LogP contribution in [-0.4, -0.2) is 37.1 Å². The summed E-state index contributed by atoms with van der Waals surface area (Å²) in [5.74, 6) is 0.940. The van der Waals surface area contributed by atoms with Gasteiger partial charge in [-0.25, -0.2) is 0 Å². The summed E-state index contributed by atoms with van der Waals surface area (Å²) in [4.78, 5) is 14.5. The Morgan fingerprint density at radius 3 is 2.63 bits per heavy atom. The van der Waals surface area contributed by atoms with Crippen LogP contribution in [-0.2, 0) is 11.0 Å². The van der Waals surface area contributed by atoms with Crippen molar-refractivity contribution in [1.29, 1.82) is 0 Å². The summed E-state index contributed by atoms with van der Waals surface area (Å²) in [5, 5.41) is 2.43. The number of benzene rings is 2. The topological polar surface area (TPSA) is 50.8 Å². The minimum atomic E-state index is -4.52. The molecule has 8 heteroatoms. The maximum Gasteiger partial charge on any atom is 0.418 e. The number of carbonyl (C=O) groups is 1. The van der Waals surface area contributed by atoms with Gasteiger partial charge in [-0.05, 0) is 49.2 Å². The van der Waals surface area contributed by atoms with Gasteiger partial charge in [0.25, 0.3) is 0 Å². The molecule has 0 spiro atoms. The Morgan fingerprint density at radius 2 is 1.83 bits per heavy atom. The van der Waals surface area contributed by atoms with Crippen LogP contribution in [0.25, 0.3) is 0 Å². The number of nitrogens with zero attached hydrogens (tertiary/aromatic N) is 1. The number of carbonyl (C=O) groups excluding carboxylic acids is 1. The lowest BCUT2D eigenvalue weighted by molar-refractivity contribution is -0.137. The molecule has 2 aromatic rings. The highest BCUT2D eigenvalue weighted by atomic mass is 19.4. The number of fused-ring (bicyclic) bond motifs is 1. The molecule has 0 unspecified atom stereocenters. The molecule has 4 rings (SSSR count). The van der Waals surface area contributed by atoms with Crippen LogP contribution in [0.3, 0.4) is 0 Å². The number of nitrogens with one attached hydrogen (secondary N) is 1. The van der Waals surface area contributed by atoms with Crippen LogP contribution < -0.4 is 14.8 Å². The number of halogens is 3. The Balaban J connectivity index is 1.46. The van der Waals surface area contributed by atoms with Gasteiger partial charge in [0.2, 0.25) is 5.91 Å². The zero-order chi connectivity index (χ0) is 21.1. The molecule has 0 bridgehead atoms. The van der Waals surface area contributed by atoms with E-state index >= 15 is 0 Å². The second kappa shape index (κ2) is 8.55. The van der Waals surface area contributed by atoms with E-state index in [4.69, 9.17) is 9.47 Å². The predicted molar refractivity (Wildman–Crippen MR) is 106 cm³/mol. The maximum atomic E-state index is 13.2. The highest BCUT2D eigenvalue weighted by Crippen LogP contribution is 2.38. The van der Waals surface area contributed by atoms with Crippen LogP contribution in [0.1, 0.15) is 36.4 Å². The van der Waals surface area contributed by atoms with E-state index in [0.29, 0.717) is 31.3 Å². The average Bonchev–Trinajstić information content (AvgIpc) is 3.02. The molecule has 30 heavy (non-hydrogen) atoms. The Labute approximate surface area is 172 Å². The van der Waals surface area contributed by atoms with Crippen LogP contribution in [0.15, 0.2) is 42.5 Å². The van der Waals surface area contributed by atoms with Crippen LogP contribution >= 0.6 is 0 Å². The molecule has 0 radical (unpaired) electrons. The highest BCUT2D eigenvalue weighted by Gasteiger charge is 2.34. The molecule has 0 saturated carbocycles. The van der Waals surface area contributed by atoms with Gasteiger partial charge in [0.15, 0.2) is 11.5 Å². The van der Waals surface area contributed by atoms with Crippen molar-refractivity contribution in [2.45, 2.75) is 31.5 Å². The minimum Gasteiger partial charge on any atom is -0.490 e. The molecule has 0 aliphatic carbocycles. The lowest BCUT2D eigenvalue weighted by atomic mass is 10.0. The summed E-state index contributed by atoms with van der Waals surface area (Å²) in [6.45, 7) is 1.92. The Morgan fingerprint density at radius 1 is 1.07 bits per heavy atom. The maximum absolute atomic E-state index is 13.2. The molecule has 2 aliphatic heterocycles. The number of alkyl halides is 3. The molecule has 1 amide bonds. The first-order valence-corrected chi connectivity index (χ1v) is 10.0. The van der Waals surface area contributed by atoms with Crippen molar-refractivity contribution in [2.24, 2.45) is 0 Å². The third kappa shape index (κ3) is 4.53. The molecular weight excluding hydrogens is 397 g/mol. The fraction of sp³-hybridized carbons (Fsp3) is 0.409. The van der Waals surface area contributed by atoms with Gasteiger partial charge in [0, 0.05) is 12.5 Å². The number of amides is 1. The molecule has 1 saturated heterocycles. The van der Waals surface area contributed by atoms with Crippen LogP contribution in [0.4, 0.5) is 18.9 Å². The van der Waals surface area contributed by atoms with Gasteiger partial charge >= 0.3 is 6.18 Å². The molecule has 1 atom stereocenters. The lowest BCUT2D eigenvalue weighted by Gasteiger charge is -2.25. The first kappa shape index (κ1) is 20.5. The van der Waals surface area contributed by atoms with Crippen molar-refractivity contribution >= 4 is 11.6 Å². The van der Waals surface area contributed by atoms with E-state index in [2.05, 4.69) is 5.32 Å². The first-order valence-electron chi connectivity index (χ1n) is 10.0. The summed E-state index contributed by atoms with van der Waals surface area (Å²) in [6.07, 6.45) is -1.93. The van der Waals surface area contributed by atoms with Crippen LogP contribution in [0.2, 0.25) is 0 Å². The van der Waals surface area contributed by atoms with Crippen molar-refractivity contribution in [2.75, 3.05) is 31.6 Å². The molecule has 1 N–H and O–H groups in total. The van der Waals surface area contributed by atoms with Crippen LogP contribution in [0, 0.1) is 0 Å². The predicted octanol–water partition coefficient (Wildman–Crippen LogP) is 4.64. The number of ether oxygens (including phenoxy) is 2. The zero-order valence-corrected chi connectivity index (χ0v) is 16.4. The lowest BCUT2D eigenvalue weighted by Crippen LogP contribution is -2.33. The zero-order valence-electron chi connectivity index (χ0n) is 16.4. The van der Waals surface area contributed by atoms with Gasteiger partial charge in [-0.3, -0.25) is 9.69 Å². The SMILES string of the molecule is O=C(CN1CCC[C@@H]1c1ccc2c(c1)OCCCO2)Nc1ccccc1C(F)(F)F. The van der Waals surface area contributed by atoms with Gasteiger partial charge in [0.1, 0.15) is 0 Å². The van der Waals surface area contributed by atoms with Crippen molar-refractivity contribution < 1.29 is 27.4 Å². The second-order valence-corrected chi connectivity index (χ2v) is 7.48. The number of hydrogen-bond donors (Lipinski definition) is 1. The van der Waals surface area contributed by atoms with E-state index in [1.165, 1.54) is 18.2 Å². The molecular formula is C22H23F3N2O3. The molecule has 1 fully saturated rings. The second-order valence-electron chi connectivity index (χ2n) is 7.48. The number of hydrogen-bond acceptors (Lipinski definition) is 4. The van der Waals surface area contributed by atoms with Crippen LogP contribution in [0.5, 0.6) is 11.5 Å². The van der Waals surface area contributed by atoms with Crippen molar-refractivity contribution in [3.05, 3.63) is 53.6 Å². The smallest absolute Gasteiger partial charge is 0.418 e. The van der Waals surface area contributed by atoms with Crippen molar-refractivity contribution in [3.63, 3.8) is 0 Å². The van der Waals surface area contributed by atoms with E-state index in [1.807, 2.05) is 23.1 Å². The molecule has 0 aromatic heterocycles. The minimum absolute atomic E-state index is 0.00534. The average molecular weight is 420 g/mol. The molecule has 2 heterocycles. The normalized spacial score (nSPS) is 19.4. The largest absolute Gasteiger partial charge is 0.490 e. The van der Waals surface area contributed by atoms with Gasteiger partial charge in [-0.1, -0.05) is 18.2 Å². The Kier molecular flexibility index (Phi) is 5.85. The van der Waals surface area contributed by atoms with E-state index in [9.17, 15) is 18.0 Å². The summed E-state index contributed by atoms with van der Waals surface area (Å²) >= 11 is 0. The van der Waals surface area contributed by atoms with Crippen molar-refractivity contribution in [3.8, 4) is 11.5 Å². The van der Waals surface area contributed by atoms with Gasteiger partial charge in [-0.15, -0.1) is 0 Å². The molecule has 2 aliphatic rings. The van der Waals surface area contributed by atoms with E-state index in [0.717, 1.165) is 30.9 Å². The quantitative estimate of drug-likeness (QED) is 0.783. The fourth-order valence-electron chi connectivity index (χ4n) is 3.99. The van der Waals surface area contributed by atoms with Gasteiger partial charge in [0.05, 0.1) is 31.0 Å². The van der Waals surface area contributed by atoms with E-state index < -0.39 is 17.6 Å². The Bertz CT molecular complexity index is 917. The molecule has 2 aromatic carbocycles. The summed E-state index contributed by atoms with van der Waals surface area (Å²) in [7, 11) is 0. The number of likely N-dealkylation sites (tertiary alicyclic amines) is 1. The van der Waals surface area contributed by atoms with Gasteiger partial charge in [-0.2, -0.15) is 13.2 Å².